The van der Waals surface area contributed by atoms with E-state index >= 15 is 0 Å². The Hall–Kier alpha value is -1.22. The van der Waals surface area contributed by atoms with Crippen molar-refractivity contribution in [3.05, 3.63) is 11.1 Å². The molecule has 0 aliphatic carbocycles. The lowest BCUT2D eigenvalue weighted by atomic mass is 9.79. The third kappa shape index (κ3) is 5.13. The van der Waals surface area contributed by atoms with Crippen molar-refractivity contribution in [3.8, 4) is 0 Å². The average molecular weight is 364 g/mol. The van der Waals surface area contributed by atoms with Crippen molar-refractivity contribution in [1.82, 2.24) is 4.98 Å². The fraction of sp³-hybridized carbons (Fsp3) is 0.643. The summed E-state index contributed by atoms with van der Waals surface area (Å²) in [6, 6.07) is 0. The number of halogens is 1. The van der Waals surface area contributed by atoms with E-state index in [0.717, 1.165) is 0 Å². The van der Waals surface area contributed by atoms with E-state index in [4.69, 9.17) is 15.2 Å². The molecule has 1 amide bonds. The summed E-state index contributed by atoms with van der Waals surface area (Å²) in [5, 5.41) is 5.03. The Kier molecular flexibility index (Phi) is 7.90. The molecule has 7 nitrogen and oxygen atoms in total. The van der Waals surface area contributed by atoms with Crippen LogP contribution in [0.1, 0.15) is 25.5 Å². The van der Waals surface area contributed by atoms with Crippen molar-refractivity contribution in [1.29, 1.82) is 0 Å². The van der Waals surface area contributed by atoms with Crippen LogP contribution in [0, 0.1) is 5.41 Å². The second-order valence-corrected chi connectivity index (χ2v) is 6.03. The molecule has 1 aliphatic rings. The molecule has 2 heterocycles. The van der Waals surface area contributed by atoms with Crippen LogP contribution in [0.4, 0.5) is 5.13 Å². The predicted octanol–water partition coefficient (Wildman–Crippen LogP) is 1.36. The number of nitrogens with two attached hydrogens (primary N) is 1. The van der Waals surface area contributed by atoms with E-state index in [0.29, 0.717) is 43.5 Å². The minimum absolute atomic E-state index is 0. The minimum atomic E-state index is -0.592. The summed E-state index contributed by atoms with van der Waals surface area (Å²) in [6.07, 6.45) is 1.32. The molecular formula is C14H22ClN3O4S. The fourth-order valence-corrected chi connectivity index (χ4v) is 3.03. The normalized spacial score (nSPS) is 16.3. The Balaban J connectivity index is 0.00000264. The van der Waals surface area contributed by atoms with Gasteiger partial charge in [-0.25, -0.2) is 4.98 Å². The molecule has 0 spiro atoms. The molecule has 3 N–H and O–H groups in total. The van der Waals surface area contributed by atoms with Crippen LogP contribution in [0.25, 0.3) is 0 Å². The summed E-state index contributed by atoms with van der Waals surface area (Å²) in [6.45, 7) is 3.45. The van der Waals surface area contributed by atoms with E-state index in [1.165, 1.54) is 11.3 Å². The number of ether oxygens (including phenoxy) is 2. The van der Waals surface area contributed by atoms with E-state index in [2.05, 4.69) is 10.3 Å². The first kappa shape index (κ1) is 19.8. The second-order valence-electron chi connectivity index (χ2n) is 5.18. The maximum atomic E-state index is 12.5. The Bertz CT molecular complexity index is 532. The molecule has 130 valence electrons. The molecule has 23 heavy (non-hydrogen) atoms. The maximum absolute atomic E-state index is 12.5. The standard InChI is InChI=1S/C14H21N3O4S.ClH/c1-2-21-11(18)7-10-8-22-13(16-10)17-12(19)14(9-15)3-5-20-6-4-14;/h8H,2-7,9,15H2,1H3,(H,16,17,19);1H. The lowest BCUT2D eigenvalue weighted by Crippen LogP contribution is -2.46. The fourth-order valence-electron chi connectivity index (χ4n) is 2.32. The first-order valence-corrected chi connectivity index (χ1v) is 8.17. The molecule has 0 saturated carbocycles. The zero-order valence-corrected chi connectivity index (χ0v) is 14.6. The summed E-state index contributed by atoms with van der Waals surface area (Å²) in [4.78, 5) is 28.1. The Labute approximate surface area is 145 Å². The highest BCUT2D eigenvalue weighted by atomic mass is 35.5. The van der Waals surface area contributed by atoms with E-state index in [-0.39, 0.29) is 37.2 Å². The summed E-state index contributed by atoms with van der Waals surface area (Å²) in [7, 11) is 0. The Morgan fingerprint density at radius 2 is 2.17 bits per heavy atom. The molecule has 1 saturated heterocycles. The number of nitrogens with zero attached hydrogens (tertiary/aromatic N) is 1. The number of carbonyl (C=O) groups excluding carboxylic acids is 2. The van der Waals surface area contributed by atoms with Crippen LogP contribution in [-0.2, 0) is 25.5 Å². The summed E-state index contributed by atoms with van der Waals surface area (Å²) in [5.74, 6) is -0.455. The molecule has 1 fully saturated rings. The monoisotopic (exact) mass is 363 g/mol. The van der Waals surface area contributed by atoms with Gasteiger partial charge in [0.25, 0.3) is 0 Å². The van der Waals surface area contributed by atoms with Crippen LogP contribution in [0.2, 0.25) is 0 Å². The van der Waals surface area contributed by atoms with Crippen LogP contribution in [0.15, 0.2) is 5.38 Å². The molecule has 2 rings (SSSR count). The Morgan fingerprint density at radius 3 is 2.78 bits per heavy atom. The quantitative estimate of drug-likeness (QED) is 0.740. The summed E-state index contributed by atoms with van der Waals surface area (Å²) >= 11 is 1.29. The number of anilines is 1. The molecule has 0 unspecified atom stereocenters. The molecule has 1 aromatic heterocycles. The van der Waals surface area contributed by atoms with Gasteiger partial charge in [0.05, 0.1) is 24.1 Å². The summed E-state index contributed by atoms with van der Waals surface area (Å²) < 4.78 is 10.2. The predicted molar refractivity (Wildman–Crippen MR) is 89.9 cm³/mol. The van der Waals surface area contributed by atoms with Crippen LogP contribution >= 0.6 is 23.7 Å². The summed E-state index contributed by atoms with van der Waals surface area (Å²) in [5.41, 5.74) is 5.80. The number of amides is 1. The van der Waals surface area contributed by atoms with Gasteiger partial charge in [0.15, 0.2) is 5.13 Å². The van der Waals surface area contributed by atoms with Gasteiger partial charge in [-0.3, -0.25) is 9.59 Å². The molecule has 0 atom stereocenters. The van der Waals surface area contributed by atoms with Gasteiger partial charge < -0.3 is 20.5 Å². The van der Waals surface area contributed by atoms with Gasteiger partial charge in [-0.1, -0.05) is 0 Å². The van der Waals surface area contributed by atoms with Gasteiger partial charge in [-0.2, -0.15) is 0 Å². The molecule has 9 heteroatoms. The Morgan fingerprint density at radius 1 is 1.48 bits per heavy atom. The number of nitrogens with one attached hydrogen (secondary N) is 1. The van der Waals surface area contributed by atoms with E-state index < -0.39 is 5.41 Å². The van der Waals surface area contributed by atoms with Gasteiger partial charge >= 0.3 is 5.97 Å². The molecule has 0 aromatic carbocycles. The molecule has 0 bridgehead atoms. The number of carbonyl (C=O) groups is 2. The third-order valence-electron chi connectivity index (χ3n) is 3.73. The minimum Gasteiger partial charge on any atom is -0.466 e. The van der Waals surface area contributed by atoms with E-state index in [1.807, 2.05) is 0 Å². The van der Waals surface area contributed by atoms with Crippen molar-refractivity contribution < 1.29 is 19.1 Å². The zero-order valence-electron chi connectivity index (χ0n) is 13.0. The molecule has 1 aliphatic heterocycles. The van der Waals surface area contributed by atoms with Crippen molar-refractivity contribution in [2.24, 2.45) is 11.1 Å². The number of thiazole rings is 1. The lowest BCUT2D eigenvalue weighted by Gasteiger charge is -2.34. The first-order chi connectivity index (χ1) is 10.6. The number of rotatable bonds is 6. The van der Waals surface area contributed by atoms with Crippen molar-refractivity contribution >= 4 is 40.8 Å². The van der Waals surface area contributed by atoms with Gasteiger partial charge in [0.1, 0.15) is 0 Å². The van der Waals surface area contributed by atoms with Crippen LogP contribution in [0.5, 0.6) is 0 Å². The van der Waals surface area contributed by atoms with E-state index in [1.54, 1.807) is 12.3 Å². The number of hydrogen-bond donors (Lipinski definition) is 2. The zero-order chi connectivity index (χ0) is 16.0. The smallest absolute Gasteiger partial charge is 0.311 e. The highest BCUT2D eigenvalue weighted by Gasteiger charge is 2.39. The SMILES string of the molecule is CCOC(=O)Cc1csc(NC(=O)C2(CN)CCOCC2)n1.Cl. The highest BCUT2D eigenvalue weighted by molar-refractivity contribution is 7.13. The third-order valence-corrected chi connectivity index (χ3v) is 4.53. The van der Waals surface area contributed by atoms with Gasteiger partial charge in [-0.15, -0.1) is 23.7 Å². The lowest BCUT2D eigenvalue weighted by molar-refractivity contribution is -0.142. The topological polar surface area (TPSA) is 104 Å². The van der Waals surface area contributed by atoms with Gasteiger partial charge in [0.2, 0.25) is 5.91 Å². The number of aromatic nitrogens is 1. The maximum Gasteiger partial charge on any atom is 0.311 e. The van der Waals surface area contributed by atoms with Gasteiger partial charge in [-0.05, 0) is 19.8 Å². The van der Waals surface area contributed by atoms with Crippen molar-refractivity contribution in [3.63, 3.8) is 0 Å². The second kappa shape index (κ2) is 9.17. The van der Waals surface area contributed by atoms with E-state index in [9.17, 15) is 9.59 Å². The van der Waals surface area contributed by atoms with Gasteiger partial charge in [0, 0.05) is 25.1 Å². The molecule has 0 radical (unpaired) electrons. The van der Waals surface area contributed by atoms with Crippen LogP contribution < -0.4 is 11.1 Å². The van der Waals surface area contributed by atoms with Crippen molar-refractivity contribution in [2.75, 3.05) is 31.7 Å². The highest BCUT2D eigenvalue weighted by Crippen LogP contribution is 2.31. The van der Waals surface area contributed by atoms with Crippen molar-refractivity contribution in [2.45, 2.75) is 26.2 Å². The number of esters is 1. The largest absolute Gasteiger partial charge is 0.466 e. The van der Waals surface area contributed by atoms with Crippen LogP contribution in [0.3, 0.4) is 0 Å². The first-order valence-electron chi connectivity index (χ1n) is 7.29. The molecule has 1 aromatic rings. The number of hydrogen-bond acceptors (Lipinski definition) is 7. The van der Waals surface area contributed by atoms with Crippen LogP contribution in [-0.4, -0.2) is 43.2 Å². The average Bonchev–Trinajstić information content (AvgIpc) is 2.95. The molecular weight excluding hydrogens is 342 g/mol.